The Morgan fingerprint density at radius 2 is 2.12 bits per heavy atom. The lowest BCUT2D eigenvalue weighted by Crippen LogP contribution is -2.37. The van der Waals surface area contributed by atoms with Crippen LogP contribution in [-0.2, 0) is 22.4 Å². The van der Waals surface area contributed by atoms with Crippen molar-refractivity contribution in [2.45, 2.75) is 51.5 Å². The molecule has 3 rings (SSSR count). The van der Waals surface area contributed by atoms with Crippen LogP contribution in [0.1, 0.15) is 42.6 Å². The van der Waals surface area contributed by atoms with Gasteiger partial charge < -0.3 is 25.4 Å². The fourth-order valence-electron chi connectivity index (χ4n) is 3.99. The van der Waals surface area contributed by atoms with Crippen molar-refractivity contribution in [3.8, 4) is 0 Å². The van der Waals surface area contributed by atoms with Gasteiger partial charge in [0, 0.05) is 38.6 Å². The molecular formula is C24H36N6O3. The van der Waals surface area contributed by atoms with Crippen molar-refractivity contribution in [3.63, 3.8) is 0 Å². The van der Waals surface area contributed by atoms with Gasteiger partial charge in [-0.25, -0.2) is 14.8 Å². The first kappa shape index (κ1) is 24.9. The van der Waals surface area contributed by atoms with Gasteiger partial charge in [-0.15, -0.1) is 0 Å². The lowest BCUT2D eigenvalue weighted by atomic mass is 10.1. The number of ether oxygens (including phenoxy) is 1. The molecule has 0 aliphatic carbocycles. The number of rotatable bonds is 14. The number of aryl methyl sites for hydroxylation is 3. The summed E-state index contributed by atoms with van der Waals surface area (Å²) in [6.07, 6.45) is 8.93. The molecule has 2 aromatic heterocycles. The number of methoxy groups -OCH3 is 1. The largest absolute Gasteiger partial charge is 0.480 e. The molecule has 0 saturated carbocycles. The van der Waals surface area contributed by atoms with Gasteiger partial charge in [-0.1, -0.05) is 6.07 Å². The number of aliphatic carboxylic acids is 1. The quantitative estimate of drug-likeness (QED) is 0.369. The Balaban J connectivity index is 1.46. The van der Waals surface area contributed by atoms with E-state index in [1.54, 1.807) is 19.5 Å². The number of fused-ring (bicyclic) bond motifs is 1. The monoisotopic (exact) mass is 456 g/mol. The molecule has 3 N–H and O–H groups in total. The molecule has 9 nitrogen and oxygen atoms in total. The topological polar surface area (TPSA) is 113 Å². The average Bonchev–Trinajstić information content (AvgIpc) is 2.81. The number of unbranched alkanes of at least 4 members (excludes halogenated alkanes) is 1. The van der Waals surface area contributed by atoms with Crippen molar-refractivity contribution >= 4 is 17.6 Å². The summed E-state index contributed by atoms with van der Waals surface area (Å²) in [6.45, 7) is 5.77. The summed E-state index contributed by atoms with van der Waals surface area (Å²) in [4.78, 5) is 27.2. The Bertz CT molecular complexity index is 894. The maximum Gasteiger partial charge on any atom is 0.326 e. The number of nitrogens with zero attached hydrogens (tertiary/aromatic N) is 4. The van der Waals surface area contributed by atoms with Gasteiger partial charge in [-0.2, -0.15) is 0 Å². The van der Waals surface area contributed by atoms with E-state index in [2.05, 4.69) is 37.6 Å². The van der Waals surface area contributed by atoms with E-state index in [-0.39, 0.29) is 0 Å². The summed E-state index contributed by atoms with van der Waals surface area (Å²) < 4.78 is 5.26. The maximum absolute atomic E-state index is 11.8. The molecule has 1 aliphatic heterocycles. The minimum Gasteiger partial charge on any atom is -0.480 e. The summed E-state index contributed by atoms with van der Waals surface area (Å²) in [6, 6.07) is 3.62. The lowest BCUT2D eigenvalue weighted by Gasteiger charge is -2.24. The number of carboxylic acids is 1. The number of carboxylic acid groups (broad SMARTS) is 1. The summed E-state index contributed by atoms with van der Waals surface area (Å²) in [7, 11) is 1.69. The average molecular weight is 457 g/mol. The van der Waals surface area contributed by atoms with Crippen molar-refractivity contribution in [1.82, 2.24) is 19.9 Å². The van der Waals surface area contributed by atoms with Crippen LogP contribution in [0.25, 0.3) is 0 Å². The highest BCUT2D eigenvalue weighted by molar-refractivity contribution is 5.76. The van der Waals surface area contributed by atoms with Crippen LogP contribution in [0.15, 0.2) is 24.5 Å². The van der Waals surface area contributed by atoms with E-state index < -0.39 is 12.0 Å². The van der Waals surface area contributed by atoms with Crippen LogP contribution in [0.2, 0.25) is 0 Å². The molecule has 2 aromatic rings. The van der Waals surface area contributed by atoms with E-state index in [4.69, 9.17) is 9.72 Å². The third kappa shape index (κ3) is 8.25. The van der Waals surface area contributed by atoms with Crippen molar-refractivity contribution in [2.24, 2.45) is 0 Å². The van der Waals surface area contributed by atoms with Crippen LogP contribution in [0, 0.1) is 6.92 Å². The number of carbonyl (C=O) groups is 1. The smallest absolute Gasteiger partial charge is 0.326 e. The molecular weight excluding hydrogens is 420 g/mol. The van der Waals surface area contributed by atoms with E-state index in [9.17, 15) is 9.90 Å². The van der Waals surface area contributed by atoms with Crippen LogP contribution in [0.5, 0.6) is 0 Å². The lowest BCUT2D eigenvalue weighted by molar-refractivity contribution is -0.138. The Morgan fingerprint density at radius 3 is 2.91 bits per heavy atom. The van der Waals surface area contributed by atoms with E-state index in [1.165, 1.54) is 12.0 Å². The highest BCUT2D eigenvalue weighted by atomic mass is 16.5. The van der Waals surface area contributed by atoms with Gasteiger partial charge >= 0.3 is 5.97 Å². The minimum atomic E-state index is -0.892. The van der Waals surface area contributed by atoms with Gasteiger partial charge in [0.05, 0.1) is 18.5 Å². The van der Waals surface area contributed by atoms with Crippen LogP contribution in [0.4, 0.5) is 11.6 Å². The van der Waals surface area contributed by atoms with E-state index in [0.717, 1.165) is 62.5 Å². The first-order valence-electron chi connectivity index (χ1n) is 11.8. The zero-order chi connectivity index (χ0) is 23.5. The number of anilines is 2. The fraction of sp³-hybridized carbons (Fsp3) is 0.583. The molecule has 0 radical (unpaired) electrons. The summed E-state index contributed by atoms with van der Waals surface area (Å²) in [5, 5.41) is 16.0. The number of aromatic nitrogens is 3. The van der Waals surface area contributed by atoms with E-state index >= 15 is 0 Å². The van der Waals surface area contributed by atoms with E-state index in [1.807, 2.05) is 6.92 Å². The number of hydrogen-bond acceptors (Lipinski definition) is 8. The maximum atomic E-state index is 11.8. The zero-order valence-electron chi connectivity index (χ0n) is 19.7. The SMILES string of the molecule is COCCN(CCCCc1ccc2c(n1)NCCC2)CC[C@H](Nc1cncc(C)n1)C(=O)O. The molecule has 0 spiro atoms. The Labute approximate surface area is 196 Å². The molecule has 180 valence electrons. The van der Waals surface area contributed by atoms with Crippen LogP contribution < -0.4 is 10.6 Å². The van der Waals surface area contributed by atoms with Gasteiger partial charge in [0.25, 0.3) is 0 Å². The van der Waals surface area contributed by atoms with Gasteiger partial charge in [0.2, 0.25) is 0 Å². The second-order valence-corrected chi connectivity index (χ2v) is 8.50. The second-order valence-electron chi connectivity index (χ2n) is 8.50. The van der Waals surface area contributed by atoms with Gasteiger partial charge in [-0.3, -0.25) is 4.98 Å². The number of hydrogen-bond donors (Lipinski definition) is 3. The van der Waals surface area contributed by atoms with Crippen LogP contribution in [-0.4, -0.2) is 76.9 Å². The highest BCUT2D eigenvalue weighted by Gasteiger charge is 2.19. The van der Waals surface area contributed by atoms with Gasteiger partial charge in [0.15, 0.2) is 0 Å². The molecule has 1 atom stereocenters. The van der Waals surface area contributed by atoms with Crippen LogP contribution in [0.3, 0.4) is 0 Å². The second kappa shape index (κ2) is 13.1. The Hall–Kier alpha value is -2.78. The number of pyridine rings is 1. The van der Waals surface area contributed by atoms with Crippen molar-refractivity contribution in [3.05, 3.63) is 41.5 Å². The predicted molar refractivity (Wildman–Crippen MR) is 129 cm³/mol. The highest BCUT2D eigenvalue weighted by Crippen LogP contribution is 2.20. The molecule has 0 fully saturated rings. The third-order valence-corrected chi connectivity index (χ3v) is 5.83. The molecule has 0 saturated heterocycles. The first-order chi connectivity index (χ1) is 16.0. The third-order valence-electron chi connectivity index (χ3n) is 5.83. The minimum absolute atomic E-state index is 0.465. The van der Waals surface area contributed by atoms with Gasteiger partial charge in [-0.05, 0) is 63.6 Å². The molecule has 0 amide bonds. The van der Waals surface area contributed by atoms with Gasteiger partial charge in [0.1, 0.15) is 17.7 Å². The standard InChI is InChI=1S/C24H36N6O3/c1-18-16-25-17-22(27-18)29-21(24(31)32)10-13-30(14-15-33-2)12-4-3-7-20-9-8-19-6-5-11-26-23(19)28-20/h8-9,16-17,21H,3-7,10-15H2,1-2H3,(H,26,28)(H,27,29)(H,31,32)/t21-/m0/s1. The predicted octanol–water partition coefficient (Wildman–Crippen LogP) is 2.76. The molecule has 1 aliphatic rings. The molecule has 0 unspecified atom stereocenters. The zero-order valence-corrected chi connectivity index (χ0v) is 19.7. The number of nitrogens with one attached hydrogen (secondary N) is 2. The molecule has 0 aromatic carbocycles. The van der Waals surface area contributed by atoms with Crippen molar-refractivity contribution in [1.29, 1.82) is 0 Å². The van der Waals surface area contributed by atoms with Crippen LogP contribution >= 0.6 is 0 Å². The fourth-order valence-corrected chi connectivity index (χ4v) is 3.99. The normalized spacial score (nSPS) is 13.9. The Morgan fingerprint density at radius 1 is 1.24 bits per heavy atom. The Kier molecular flexibility index (Phi) is 9.83. The molecule has 9 heteroatoms. The summed E-state index contributed by atoms with van der Waals surface area (Å²) in [5.74, 6) is 0.640. The molecule has 3 heterocycles. The molecule has 0 bridgehead atoms. The summed E-state index contributed by atoms with van der Waals surface area (Å²) in [5.41, 5.74) is 3.19. The van der Waals surface area contributed by atoms with Crippen molar-refractivity contribution < 1.29 is 14.6 Å². The van der Waals surface area contributed by atoms with E-state index in [0.29, 0.717) is 25.4 Å². The van der Waals surface area contributed by atoms with Crippen molar-refractivity contribution in [2.75, 3.05) is 50.5 Å². The molecule has 33 heavy (non-hydrogen) atoms. The summed E-state index contributed by atoms with van der Waals surface area (Å²) >= 11 is 0. The first-order valence-corrected chi connectivity index (χ1v) is 11.8.